The number of carbonyl (C=O) groups excluding carboxylic acids is 1. The maximum atomic E-state index is 12.9. The van der Waals surface area contributed by atoms with E-state index in [1.54, 1.807) is 41.4 Å². The number of nitrogens with zero attached hydrogens (tertiary/aromatic N) is 7. The van der Waals surface area contributed by atoms with Crippen molar-refractivity contribution in [3.63, 3.8) is 0 Å². The van der Waals surface area contributed by atoms with Crippen LogP contribution >= 0.6 is 0 Å². The monoisotopic (exact) mass is 480 g/mol. The molecule has 7 rings (SSSR count). The molecule has 1 amide bonds. The van der Waals surface area contributed by atoms with Crippen LogP contribution in [0.5, 0.6) is 11.6 Å². The standard InChI is InChI=1S/C25H20N8O3/c1-13-5-15(8-26)27-10-17(13)35-21-6-16(22-23(31-21)32(2)12-29-22)30-20-4-3-14(9-28-20)24(34)33-11-19-25(36-19)7-18(25)33/h3-6,9-10,12,18-19H,7,11H2,1-2H3,(H,28,30,31). The number of amides is 1. The van der Waals surface area contributed by atoms with Gasteiger partial charge in [-0.1, -0.05) is 0 Å². The molecule has 2 aliphatic heterocycles. The van der Waals surface area contributed by atoms with Gasteiger partial charge in [-0.15, -0.1) is 0 Å². The molecule has 2 saturated heterocycles. The van der Waals surface area contributed by atoms with E-state index < -0.39 is 0 Å². The number of rotatable bonds is 5. The third-order valence-corrected chi connectivity index (χ3v) is 7.08. The molecular formula is C25H20N8O3. The molecule has 11 heteroatoms. The van der Waals surface area contributed by atoms with Crippen LogP contribution in [0.15, 0.2) is 43.0 Å². The molecular weight excluding hydrogens is 460 g/mol. The Kier molecular flexibility index (Phi) is 4.17. The first-order valence-electron chi connectivity index (χ1n) is 11.5. The van der Waals surface area contributed by atoms with E-state index in [0.717, 1.165) is 12.0 Å². The molecule has 6 heterocycles. The number of hydrogen-bond donors (Lipinski definition) is 1. The van der Waals surface area contributed by atoms with Gasteiger partial charge in [0.2, 0.25) is 5.88 Å². The molecule has 0 aromatic carbocycles. The number of pyridine rings is 3. The second kappa shape index (κ2) is 7.22. The zero-order valence-electron chi connectivity index (χ0n) is 19.5. The number of fused-ring (bicyclic) bond motifs is 1. The molecule has 178 valence electrons. The van der Waals surface area contributed by atoms with Gasteiger partial charge in [0.25, 0.3) is 5.91 Å². The van der Waals surface area contributed by atoms with E-state index in [2.05, 4.69) is 25.3 Å². The highest BCUT2D eigenvalue weighted by molar-refractivity contribution is 5.95. The predicted octanol–water partition coefficient (Wildman–Crippen LogP) is 2.84. The zero-order chi connectivity index (χ0) is 24.6. The van der Waals surface area contributed by atoms with Crippen LogP contribution in [0, 0.1) is 18.3 Å². The summed E-state index contributed by atoms with van der Waals surface area (Å²) in [7, 11) is 1.85. The minimum atomic E-state index is -0.0217. The Morgan fingerprint density at radius 1 is 1.28 bits per heavy atom. The second-order valence-electron chi connectivity index (χ2n) is 9.38. The molecule has 4 aromatic heterocycles. The number of likely N-dealkylation sites (tertiary alicyclic amines) is 1. The molecule has 36 heavy (non-hydrogen) atoms. The first-order chi connectivity index (χ1) is 17.4. The number of anilines is 2. The lowest BCUT2D eigenvalue weighted by atomic mass is 10.2. The smallest absolute Gasteiger partial charge is 0.255 e. The zero-order valence-corrected chi connectivity index (χ0v) is 19.5. The molecule has 3 atom stereocenters. The first kappa shape index (κ1) is 20.8. The fourth-order valence-electron chi connectivity index (χ4n) is 4.99. The number of carbonyl (C=O) groups is 1. The van der Waals surface area contributed by atoms with Crippen LogP contribution in [-0.4, -0.2) is 59.6 Å². The van der Waals surface area contributed by atoms with Crippen molar-refractivity contribution < 1.29 is 14.3 Å². The molecule has 4 aromatic rings. The van der Waals surface area contributed by atoms with Crippen molar-refractivity contribution in [2.24, 2.45) is 7.05 Å². The molecule has 0 radical (unpaired) electrons. The second-order valence-corrected chi connectivity index (χ2v) is 9.38. The lowest BCUT2D eigenvalue weighted by Crippen LogP contribution is -2.33. The van der Waals surface area contributed by atoms with Crippen molar-refractivity contribution in [2.75, 3.05) is 11.9 Å². The van der Waals surface area contributed by atoms with Crippen LogP contribution in [0.3, 0.4) is 0 Å². The third-order valence-electron chi connectivity index (χ3n) is 7.08. The Labute approximate surface area is 205 Å². The highest BCUT2D eigenvalue weighted by atomic mass is 16.6. The van der Waals surface area contributed by atoms with Crippen LogP contribution < -0.4 is 10.1 Å². The van der Waals surface area contributed by atoms with Crippen LogP contribution in [0.25, 0.3) is 11.2 Å². The number of epoxide rings is 1. The highest BCUT2D eigenvalue weighted by Gasteiger charge is 2.80. The highest BCUT2D eigenvalue weighted by Crippen LogP contribution is 2.64. The van der Waals surface area contributed by atoms with Crippen LogP contribution in [0.1, 0.15) is 28.0 Å². The van der Waals surface area contributed by atoms with E-state index >= 15 is 0 Å². The van der Waals surface area contributed by atoms with E-state index in [-0.39, 0.29) is 23.7 Å². The van der Waals surface area contributed by atoms with E-state index in [0.29, 0.717) is 52.1 Å². The number of ether oxygens (including phenoxy) is 2. The summed E-state index contributed by atoms with van der Waals surface area (Å²) in [4.78, 5) is 32.4. The average Bonchev–Trinajstić information content (AvgIpc) is 3.73. The summed E-state index contributed by atoms with van der Waals surface area (Å²) >= 11 is 0. The number of morpholine rings is 1. The van der Waals surface area contributed by atoms with Crippen molar-refractivity contribution >= 4 is 28.6 Å². The van der Waals surface area contributed by atoms with Gasteiger partial charge < -0.3 is 24.3 Å². The van der Waals surface area contributed by atoms with E-state index in [4.69, 9.17) is 14.7 Å². The van der Waals surface area contributed by atoms with Crippen LogP contribution in [0.2, 0.25) is 0 Å². The van der Waals surface area contributed by atoms with E-state index in [1.165, 1.54) is 6.20 Å². The topological polar surface area (TPSA) is 134 Å². The number of piperidine rings is 1. The average molecular weight is 480 g/mol. The number of nitriles is 1. The van der Waals surface area contributed by atoms with Gasteiger partial charge in [0.05, 0.1) is 36.4 Å². The summed E-state index contributed by atoms with van der Waals surface area (Å²) in [5.41, 5.74) is 3.53. The molecule has 1 spiro atoms. The number of aromatic nitrogens is 5. The molecule has 11 nitrogen and oxygen atoms in total. The van der Waals surface area contributed by atoms with Gasteiger partial charge in [0.1, 0.15) is 34.8 Å². The van der Waals surface area contributed by atoms with Crippen LogP contribution in [0.4, 0.5) is 11.5 Å². The Morgan fingerprint density at radius 3 is 2.86 bits per heavy atom. The van der Waals surface area contributed by atoms with Crippen molar-refractivity contribution in [3.05, 3.63) is 59.8 Å². The summed E-state index contributed by atoms with van der Waals surface area (Å²) in [6.45, 7) is 2.50. The maximum Gasteiger partial charge on any atom is 0.255 e. The summed E-state index contributed by atoms with van der Waals surface area (Å²) in [6.07, 6.45) is 5.93. The van der Waals surface area contributed by atoms with Crippen molar-refractivity contribution in [1.82, 2.24) is 29.4 Å². The minimum Gasteiger partial charge on any atom is -0.437 e. The summed E-state index contributed by atoms with van der Waals surface area (Å²) in [6, 6.07) is 9.17. The lowest BCUT2D eigenvalue weighted by Gasteiger charge is -2.19. The Bertz CT molecular complexity index is 1610. The van der Waals surface area contributed by atoms with Gasteiger partial charge in [-0.2, -0.15) is 10.2 Å². The maximum absolute atomic E-state index is 12.9. The fourth-order valence-corrected chi connectivity index (χ4v) is 4.99. The van der Waals surface area contributed by atoms with E-state index in [9.17, 15) is 4.79 Å². The predicted molar refractivity (Wildman–Crippen MR) is 127 cm³/mol. The summed E-state index contributed by atoms with van der Waals surface area (Å²) in [5.74, 6) is 1.38. The van der Waals surface area contributed by atoms with Crippen molar-refractivity contribution in [3.8, 4) is 17.7 Å². The van der Waals surface area contributed by atoms with Gasteiger partial charge in [0.15, 0.2) is 11.4 Å². The Morgan fingerprint density at radius 2 is 2.17 bits per heavy atom. The normalized spacial score (nSPS) is 23.1. The quantitative estimate of drug-likeness (QED) is 0.428. The first-order valence-corrected chi connectivity index (χ1v) is 11.5. The van der Waals surface area contributed by atoms with Crippen molar-refractivity contribution in [2.45, 2.75) is 31.1 Å². The number of hydrogen-bond acceptors (Lipinski definition) is 9. The SMILES string of the molecule is Cc1cc(C#N)ncc1Oc1cc(Nc2ccc(C(=O)N3CC4OC45CC35)cn2)c2ncn(C)c2n1. The summed E-state index contributed by atoms with van der Waals surface area (Å²) < 4.78 is 13.5. The van der Waals surface area contributed by atoms with Crippen molar-refractivity contribution in [1.29, 1.82) is 5.26 Å². The van der Waals surface area contributed by atoms with E-state index in [1.807, 2.05) is 24.9 Å². The third kappa shape index (κ3) is 3.11. The fraction of sp³-hybridized carbons (Fsp3) is 0.280. The molecule has 3 aliphatic rings. The number of aryl methyl sites for hydroxylation is 2. The summed E-state index contributed by atoms with van der Waals surface area (Å²) in [5, 5.41) is 12.3. The Hall–Kier alpha value is -4.56. The molecule has 1 saturated carbocycles. The minimum absolute atomic E-state index is 0.00941. The molecule has 0 bridgehead atoms. The number of nitrogens with one attached hydrogen (secondary N) is 1. The number of imidazole rings is 1. The van der Waals surface area contributed by atoms with Gasteiger partial charge >= 0.3 is 0 Å². The largest absolute Gasteiger partial charge is 0.437 e. The molecule has 1 N–H and O–H groups in total. The van der Waals surface area contributed by atoms with Gasteiger partial charge in [0, 0.05) is 25.7 Å². The lowest BCUT2D eigenvalue weighted by molar-refractivity contribution is 0.0714. The molecule has 3 unspecified atom stereocenters. The van der Waals surface area contributed by atoms with Gasteiger partial charge in [-0.05, 0) is 30.7 Å². The van der Waals surface area contributed by atoms with Crippen LogP contribution in [-0.2, 0) is 11.8 Å². The van der Waals surface area contributed by atoms with Gasteiger partial charge in [-0.3, -0.25) is 4.79 Å². The molecule has 3 fully saturated rings. The Balaban J connectivity index is 1.15. The van der Waals surface area contributed by atoms with Gasteiger partial charge in [-0.25, -0.2) is 15.0 Å². The molecule has 1 aliphatic carbocycles.